The number of rotatable bonds is 5. The van der Waals surface area contributed by atoms with E-state index in [0.717, 1.165) is 49.1 Å². The van der Waals surface area contributed by atoms with Crippen LogP contribution in [0, 0.1) is 13.8 Å². The van der Waals surface area contributed by atoms with E-state index in [2.05, 4.69) is 53.2 Å². The third-order valence-corrected chi connectivity index (χ3v) is 6.36. The van der Waals surface area contributed by atoms with Crippen LogP contribution in [0.15, 0.2) is 24.3 Å². The van der Waals surface area contributed by atoms with E-state index in [1.165, 1.54) is 10.4 Å². The summed E-state index contributed by atoms with van der Waals surface area (Å²) in [7, 11) is 0. The highest BCUT2D eigenvalue weighted by Gasteiger charge is 2.22. The molecule has 0 aliphatic carbocycles. The molecule has 27 heavy (non-hydrogen) atoms. The van der Waals surface area contributed by atoms with Gasteiger partial charge in [0.1, 0.15) is 0 Å². The molecular weight excluding hydrogens is 356 g/mol. The number of anilines is 1. The highest BCUT2D eigenvalue weighted by molar-refractivity contribution is 7.15. The molecule has 0 atom stereocenters. The summed E-state index contributed by atoms with van der Waals surface area (Å²) in [5.41, 5.74) is 3.24. The summed E-state index contributed by atoms with van der Waals surface area (Å²) in [4.78, 5) is 22.3. The second-order valence-corrected chi connectivity index (χ2v) is 9.09. The van der Waals surface area contributed by atoms with Crippen LogP contribution in [0.5, 0.6) is 0 Å². The molecule has 2 heterocycles. The quantitative estimate of drug-likeness (QED) is 0.855. The van der Waals surface area contributed by atoms with Crippen LogP contribution in [0.4, 0.5) is 5.13 Å². The van der Waals surface area contributed by atoms with E-state index in [-0.39, 0.29) is 11.4 Å². The first-order valence-corrected chi connectivity index (χ1v) is 10.4. The summed E-state index contributed by atoms with van der Waals surface area (Å²) >= 11 is 1.80. The molecule has 1 aliphatic heterocycles. The number of amides is 1. The van der Waals surface area contributed by atoms with Gasteiger partial charge in [0.05, 0.1) is 11.2 Å². The molecule has 1 N–H and O–H groups in total. The fourth-order valence-electron chi connectivity index (χ4n) is 3.49. The van der Waals surface area contributed by atoms with Gasteiger partial charge in [0.2, 0.25) is 5.91 Å². The molecule has 2 aromatic rings. The summed E-state index contributed by atoms with van der Waals surface area (Å²) in [5.74, 6) is -0.00688. The van der Waals surface area contributed by atoms with E-state index in [1.807, 2.05) is 13.8 Å². The molecule has 1 aromatic heterocycles. The number of thiazole rings is 1. The number of nitrogens with one attached hydrogen (secondary N) is 1. The highest BCUT2D eigenvalue weighted by atomic mass is 32.1. The van der Waals surface area contributed by atoms with E-state index in [0.29, 0.717) is 0 Å². The minimum Gasteiger partial charge on any atom is -0.347 e. The van der Waals surface area contributed by atoms with Crippen molar-refractivity contribution in [2.45, 2.75) is 46.7 Å². The maximum atomic E-state index is 11.4. The van der Waals surface area contributed by atoms with Gasteiger partial charge < -0.3 is 10.2 Å². The van der Waals surface area contributed by atoms with Gasteiger partial charge in [-0.05, 0) is 38.8 Å². The van der Waals surface area contributed by atoms with Crippen LogP contribution in [0.1, 0.15) is 42.5 Å². The van der Waals surface area contributed by atoms with Gasteiger partial charge in [-0.3, -0.25) is 9.69 Å². The van der Waals surface area contributed by atoms with Crippen LogP contribution < -0.4 is 10.2 Å². The zero-order valence-corrected chi connectivity index (χ0v) is 17.8. The van der Waals surface area contributed by atoms with Gasteiger partial charge in [0.25, 0.3) is 0 Å². The van der Waals surface area contributed by atoms with Crippen molar-refractivity contribution in [1.29, 1.82) is 0 Å². The van der Waals surface area contributed by atoms with E-state index in [9.17, 15) is 4.79 Å². The molecule has 1 aliphatic rings. The number of nitrogens with zero attached hydrogens (tertiary/aromatic N) is 3. The van der Waals surface area contributed by atoms with Gasteiger partial charge >= 0.3 is 0 Å². The van der Waals surface area contributed by atoms with Gasteiger partial charge in [-0.1, -0.05) is 24.3 Å². The Balaban J connectivity index is 1.55. The van der Waals surface area contributed by atoms with Crippen LogP contribution in [0.25, 0.3) is 0 Å². The van der Waals surface area contributed by atoms with E-state index in [4.69, 9.17) is 4.98 Å². The van der Waals surface area contributed by atoms with Gasteiger partial charge in [-0.15, -0.1) is 11.3 Å². The Morgan fingerprint density at radius 2 is 1.78 bits per heavy atom. The number of hydrogen-bond donors (Lipinski definition) is 1. The lowest BCUT2D eigenvalue weighted by Crippen LogP contribution is -2.46. The zero-order valence-electron chi connectivity index (χ0n) is 17.0. The van der Waals surface area contributed by atoms with E-state index < -0.39 is 0 Å². The predicted octanol–water partition coefficient (Wildman–Crippen LogP) is 3.45. The Hall–Kier alpha value is -1.92. The minimum atomic E-state index is -0.347. The third-order valence-electron chi connectivity index (χ3n) is 5.23. The maximum Gasteiger partial charge on any atom is 0.217 e. The number of hydrogen-bond acceptors (Lipinski definition) is 5. The summed E-state index contributed by atoms with van der Waals surface area (Å²) in [6.45, 7) is 15.0. The fraction of sp³-hybridized carbons (Fsp3) is 0.524. The Morgan fingerprint density at radius 3 is 2.30 bits per heavy atom. The molecule has 3 rings (SSSR count). The average molecular weight is 387 g/mol. The predicted molar refractivity (Wildman–Crippen MR) is 112 cm³/mol. The molecular formula is C21H30N4OS. The number of piperazine rings is 1. The number of aryl methyl sites for hydroxylation is 2. The van der Waals surface area contributed by atoms with Gasteiger partial charge in [-0.25, -0.2) is 4.98 Å². The second kappa shape index (κ2) is 7.98. The number of carbonyl (C=O) groups excluding carboxylic acids is 1. The molecule has 1 aromatic carbocycles. The fourth-order valence-corrected chi connectivity index (χ4v) is 4.45. The minimum absolute atomic E-state index is 0.00688. The van der Waals surface area contributed by atoms with Crippen molar-refractivity contribution in [2.75, 3.05) is 31.1 Å². The molecule has 146 valence electrons. The van der Waals surface area contributed by atoms with Gasteiger partial charge in [-0.2, -0.15) is 0 Å². The number of carbonyl (C=O) groups is 1. The van der Waals surface area contributed by atoms with Crippen molar-refractivity contribution in [2.24, 2.45) is 0 Å². The van der Waals surface area contributed by atoms with E-state index >= 15 is 0 Å². The summed E-state index contributed by atoms with van der Waals surface area (Å²) in [6.07, 6.45) is 0. The second-order valence-electron chi connectivity index (χ2n) is 7.90. The van der Waals surface area contributed by atoms with Gasteiger partial charge in [0.15, 0.2) is 5.13 Å². The molecule has 1 saturated heterocycles. The Labute approximate surface area is 166 Å². The standard InChI is InChI=1S/C21H30N4OS/c1-15-16(2)27-20(22-15)25-12-10-24(11-13-25)14-18-6-8-19(9-7-18)21(4,5)23-17(3)26/h6-9H,10-14H2,1-5H3,(H,23,26). The van der Waals surface area contributed by atoms with Crippen LogP contribution in [-0.4, -0.2) is 42.0 Å². The lowest BCUT2D eigenvalue weighted by atomic mass is 9.93. The first-order chi connectivity index (χ1) is 12.7. The van der Waals surface area contributed by atoms with Crippen LogP contribution >= 0.6 is 11.3 Å². The lowest BCUT2D eigenvalue weighted by molar-refractivity contribution is -0.120. The molecule has 0 saturated carbocycles. The van der Waals surface area contributed by atoms with Crippen molar-refractivity contribution in [3.05, 3.63) is 46.0 Å². The van der Waals surface area contributed by atoms with E-state index in [1.54, 1.807) is 18.3 Å². The lowest BCUT2D eigenvalue weighted by Gasteiger charge is -2.34. The largest absolute Gasteiger partial charge is 0.347 e. The van der Waals surface area contributed by atoms with Crippen molar-refractivity contribution in [3.8, 4) is 0 Å². The summed E-state index contributed by atoms with van der Waals surface area (Å²) in [6, 6.07) is 8.61. The molecule has 0 unspecified atom stereocenters. The zero-order chi connectivity index (χ0) is 19.6. The Morgan fingerprint density at radius 1 is 1.15 bits per heavy atom. The topological polar surface area (TPSA) is 48.5 Å². The van der Waals surface area contributed by atoms with Crippen molar-refractivity contribution < 1.29 is 4.79 Å². The first-order valence-electron chi connectivity index (χ1n) is 9.54. The van der Waals surface area contributed by atoms with Crippen LogP contribution in [0.2, 0.25) is 0 Å². The highest BCUT2D eigenvalue weighted by Crippen LogP contribution is 2.26. The SMILES string of the molecule is CC(=O)NC(C)(C)c1ccc(CN2CCN(c3nc(C)c(C)s3)CC2)cc1. The normalized spacial score (nSPS) is 15.8. The van der Waals surface area contributed by atoms with Crippen molar-refractivity contribution in [1.82, 2.24) is 15.2 Å². The summed E-state index contributed by atoms with van der Waals surface area (Å²) in [5, 5.41) is 4.16. The molecule has 5 nitrogen and oxygen atoms in total. The number of benzene rings is 1. The van der Waals surface area contributed by atoms with Crippen LogP contribution in [-0.2, 0) is 16.9 Å². The molecule has 1 fully saturated rings. The molecule has 6 heteroatoms. The van der Waals surface area contributed by atoms with Gasteiger partial charge in [0, 0.05) is 44.5 Å². The molecule has 0 radical (unpaired) electrons. The molecule has 0 spiro atoms. The Kier molecular flexibility index (Phi) is 5.86. The Bertz CT molecular complexity index is 770. The first kappa shape index (κ1) is 19.8. The average Bonchev–Trinajstić information content (AvgIpc) is 2.94. The van der Waals surface area contributed by atoms with Crippen molar-refractivity contribution in [3.63, 3.8) is 0 Å². The molecule has 0 bridgehead atoms. The monoisotopic (exact) mass is 386 g/mol. The third kappa shape index (κ3) is 4.87. The van der Waals surface area contributed by atoms with Crippen LogP contribution in [0.3, 0.4) is 0 Å². The number of aromatic nitrogens is 1. The maximum absolute atomic E-state index is 11.4. The summed E-state index contributed by atoms with van der Waals surface area (Å²) < 4.78 is 0. The van der Waals surface area contributed by atoms with Crippen molar-refractivity contribution >= 4 is 22.4 Å². The smallest absolute Gasteiger partial charge is 0.217 e. The molecule has 1 amide bonds.